The molecule has 3 nitrogen and oxygen atoms in total. The van der Waals surface area contributed by atoms with Crippen molar-refractivity contribution in [3.05, 3.63) is 65.5 Å². The molecule has 1 saturated heterocycles. The lowest BCUT2D eigenvalue weighted by molar-refractivity contribution is 0.327. The summed E-state index contributed by atoms with van der Waals surface area (Å²) in [6, 6.07) is 13.8. The Bertz CT molecular complexity index is 770. The van der Waals surface area contributed by atoms with E-state index in [-0.39, 0.29) is 5.82 Å². The number of likely N-dealkylation sites (tertiary alicyclic amines) is 1. The first kappa shape index (κ1) is 16.1. The Morgan fingerprint density at radius 2 is 1.74 bits per heavy atom. The second kappa shape index (κ2) is 6.42. The number of hydrogen-bond donors (Lipinski definition) is 0. The third-order valence-electron chi connectivity index (χ3n) is 4.37. The van der Waals surface area contributed by atoms with Crippen LogP contribution in [0.5, 0.6) is 0 Å². The van der Waals surface area contributed by atoms with E-state index in [2.05, 4.69) is 4.90 Å². The summed E-state index contributed by atoms with van der Waals surface area (Å²) < 4.78 is 36.0. The van der Waals surface area contributed by atoms with Gasteiger partial charge < -0.3 is 0 Å². The van der Waals surface area contributed by atoms with Gasteiger partial charge in [0.15, 0.2) is 9.84 Å². The van der Waals surface area contributed by atoms with E-state index < -0.39 is 9.84 Å². The van der Waals surface area contributed by atoms with E-state index in [1.165, 1.54) is 24.0 Å². The first-order chi connectivity index (χ1) is 10.9. The number of benzene rings is 2. The normalized spacial score (nSPS) is 19.1. The van der Waals surface area contributed by atoms with Gasteiger partial charge in [0.05, 0.1) is 4.90 Å². The minimum absolute atomic E-state index is 0.199. The molecule has 0 N–H and O–H groups in total. The van der Waals surface area contributed by atoms with Crippen LogP contribution in [0.15, 0.2) is 53.4 Å². The van der Waals surface area contributed by atoms with Crippen LogP contribution in [0.4, 0.5) is 4.39 Å². The van der Waals surface area contributed by atoms with Gasteiger partial charge in [0.25, 0.3) is 0 Å². The highest BCUT2D eigenvalue weighted by Gasteiger charge is 2.23. The second-order valence-corrected chi connectivity index (χ2v) is 8.20. The van der Waals surface area contributed by atoms with Gasteiger partial charge in [-0.2, -0.15) is 0 Å². The van der Waals surface area contributed by atoms with Crippen molar-refractivity contribution in [2.45, 2.75) is 23.8 Å². The molecule has 0 saturated carbocycles. The van der Waals surface area contributed by atoms with Crippen LogP contribution in [0.1, 0.15) is 23.5 Å². The fourth-order valence-electron chi connectivity index (χ4n) is 3.08. The molecular formula is C18H20FNO2S. The molecule has 1 atom stereocenters. The van der Waals surface area contributed by atoms with Gasteiger partial charge >= 0.3 is 0 Å². The average Bonchev–Trinajstić information content (AvgIpc) is 2.96. The van der Waals surface area contributed by atoms with Crippen LogP contribution in [-0.4, -0.2) is 32.7 Å². The van der Waals surface area contributed by atoms with E-state index >= 15 is 0 Å². The molecule has 23 heavy (non-hydrogen) atoms. The summed E-state index contributed by atoms with van der Waals surface area (Å²) in [7, 11) is -3.14. The topological polar surface area (TPSA) is 37.4 Å². The van der Waals surface area contributed by atoms with E-state index in [1.807, 2.05) is 24.3 Å². The first-order valence-electron chi connectivity index (χ1n) is 7.68. The van der Waals surface area contributed by atoms with Crippen LogP contribution in [-0.2, 0) is 16.4 Å². The van der Waals surface area contributed by atoms with Crippen molar-refractivity contribution in [1.29, 1.82) is 0 Å². The van der Waals surface area contributed by atoms with E-state index in [0.717, 1.165) is 31.6 Å². The molecule has 1 heterocycles. The van der Waals surface area contributed by atoms with Crippen molar-refractivity contribution in [2.24, 2.45) is 0 Å². The summed E-state index contributed by atoms with van der Waals surface area (Å²) in [6.45, 7) is 2.75. The van der Waals surface area contributed by atoms with Crippen molar-refractivity contribution in [3.63, 3.8) is 0 Å². The summed E-state index contributed by atoms with van der Waals surface area (Å²) in [5.74, 6) is 0.237. The number of hydrogen-bond acceptors (Lipinski definition) is 3. The number of sulfone groups is 1. The van der Waals surface area contributed by atoms with Gasteiger partial charge in [0.2, 0.25) is 0 Å². The number of rotatable bonds is 4. The van der Waals surface area contributed by atoms with Gasteiger partial charge in [0.1, 0.15) is 5.82 Å². The quantitative estimate of drug-likeness (QED) is 0.862. The van der Waals surface area contributed by atoms with Gasteiger partial charge in [-0.3, -0.25) is 4.90 Å². The summed E-state index contributed by atoms with van der Waals surface area (Å²) in [4.78, 5) is 2.70. The molecule has 0 bridgehead atoms. The zero-order chi connectivity index (χ0) is 16.4. The van der Waals surface area contributed by atoms with Gasteiger partial charge in [-0.25, -0.2) is 12.8 Å². The number of nitrogens with zero attached hydrogens (tertiary/aromatic N) is 1. The van der Waals surface area contributed by atoms with Crippen molar-refractivity contribution in [2.75, 3.05) is 19.3 Å². The molecule has 1 fully saturated rings. The van der Waals surface area contributed by atoms with E-state index in [4.69, 9.17) is 0 Å². The standard InChI is InChI=1S/C18H20FNO2S/c1-23(21,22)18-8-2-14(3-9-18)12-20-11-10-16(13-20)15-4-6-17(19)7-5-15/h2-9,16H,10-13H2,1H3/t16-/m0/s1. The Morgan fingerprint density at radius 3 is 2.35 bits per heavy atom. The van der Waals surface area contributed by atoms with Crippen LogP contribution in [0.3, 0.4) is 0 Å². The third-order valence-corrected chi connectivity index (χ3v) is 5.50. The van der Waals surface area contributed by atoms with Gasteiger partial charge in [0, 0.05) is 19.3 Å². The van der Waals surface area contributed by atoms with Gasteiger partial charge in [-0.1, -0.05) is 24.3 Å². The number of halogens is 1. The lowest BCUT2D eigenvalue weighted by atomic mass is 9.99. The summed E-state index contributed by atoms with van der Waals surface area (Å²) >= 11 is 0. The van der Waals surface area contributed by atoms with Crippen LogP contribution in [0.2, 0.25) is 0 Å². The average molecular weight is 333 g/mol. The SMILES string of the molecule is CS(=O)(=O)c1ccc(CN2CC[C@H](c3ccc(F)cc3)C2)cc1. The Hall–Kier alpha value is -1.72. The summed E-state index contributed by atoms with van der Waals surface area (Å²) in [5, 5.41) is 0. The summed E-state index contributed by atoms with van der Waals surface area (Å²) in [5.41, 5.74) is 2.29. The fraction of sp³-hybridized carbons (Fsp3) is 0.333. The van der Waals surface area contributed by atoms with E-state index in [1.54, 1.807) is 12.1 Å². The van der Waals surface area contributed by atoms with Crippen molar-refractivity contribution < 1.29 is 12.8 Å². The Balaban J connectivity index is 1.62. The highest BCUT2D eigenvalue weighted by atomic mass is 32.2. The van der Waals surface area contributed by atoms with Crippen LogP contribution >= 0.6 is 0 Å². The molecule has 0 amide bonds. The molecule has 0 aromatic heterocycles. The minimum Gasteiger partial charge on any atom is -0.298 e. The molecule has 0 aliphatic carbocycles. The maximum absolute atomic E-state index is 13.0. The maximum atomic E-state index is 13.0. The van der Waals surface area contributed by atoms with Gasteiger partial charge in [-0.15, -0.1) is 0 Å². The van der Waals surface area contributed by atoms with Crippen molar-refractivity contribution >= 4 is 9.84 Å². The first-order valence-corrected chi connectivity index (χ1v) is 9.58. The molecule has 2 aromatic rings. The van der Waals surface area contributed by atoms with Crippen LogP contribution in [0, 0.1) is 5.82 Å². The van der Waals surface area contributed by atoms with Gasteiger partial charge in [-0.05, 0) is 54.3 Å². The minimum atomic E-state index is -3.14. The molecule has 2 aromatic carbocycles. The molecule has 3 rings (SSSR count). The monoisotopic (exact) mass is 333 g/mol. The smallest absolute Gasteiger partial charge is 0.175 e. The second-order valence-electron chi connectivity index (χ2n) is 6.19. The Labute approximate surface area is 136 Å². The Kier molecular flexibility index (Phi) is 4.50. The van der Waals surface area contributed by atoms with Crippen molar-refractivity contribution in [1.82, 2.24) is 4.90 Å². The molecule has 122 valence electrons. The van der Waals surface area contributed by atoms with Crippen LogP contribution < -0.4 is 0 Å². The predicted molar refractivity (Wildman–Crippen MR) is 88.6 cm³/mol. The molecular weight excluding hydrogens is 313 g/mol. The Morgan fingerprint density at radius 1 is 1.09 bits per heavy atom. The third kappa shape index (κ3) is 3.98. The molecule has 0 unspecified atom stereocenters. The van der Waals surface area contributed by atoms with Crippen LogP contribution in [0.25, 0.3) is 0 Å². The fourth-order valence-corrected chi connectivity index (χ4v) is 3.71. The highest BCUT2D eigenvalue weighted by molar-refractivity contribution is 7.90. The van der Waals surface area contributed by atoms with E-state index in [0.29, 0.717) is 10.8 Å². The molecule has 1 aliphatic heterocycles. The lowest BCUT2D eigenvalue weighted by Crippen LogP contribution is -2.19. The largest absolute Gasteiger partial charge is 0.298 e. The van der Waals surface area contributed by atoms with Crippen molar-refractivity contribution in [3.8, 4) is 0 Å². The lowest BCUT2D eigenvalue weighted by Gasteiger charge is -2.16. The molecule has 0 spiro atoms. The molecule has 1 aliphatic rings. The maximum Gasteiger partial charge on any atom is 0.175 e. The van der Waals surface area contributed by atoms with E-state index in [9.17, 15) is 12.8 Å². The zero-order valence-corrected chi connectivity index (χ0v) is 13.9. The molecule has 0 radical (unpaired) electrons. The summed E-state index contributed by atoms with van der Waals surface area (Å²) in [6.07, 6.45) is 2.28. The zero-order valence-electron chi connectivity index (χ0n) is 13.1. The predicted octanol–water partition coefficient (Wildman–Crippen LogP) is 3.22. The molecule has 5 heteroatoms. The highest BCUT2D eigenvalue weighted by Crippen LogP contribution is 2.28.